The van der Waals surface area contributed by atoms with Gasteiger partial charge in [-0.2, -0.15) is 13.2 Å². The second-order valence-electron chi connectivity index (χ2n) is 6.62. The number of alkyl halides is 3. The van der Waals surface area contributed by atoms with Gasteiger partial charge in [-0.05, 0) is 65.4 Å². The van der Waals surface area contributed by atoms with Crippen LogP contribution in [0.25, 0.3) is 5.57 Å². The van der Waals surface area contributed by atoms with E-state index in [0.29, 0.717) is 24.5 Å². The zero-order chi connectivity index (χ0) is 18.5. The van der Waals surface area contributed by atoms with Crippen molar-refractivity contribution in [2.45, 2.75) is 19.0 Å². The van der Waals surface area contributed by atoms with Gasteiger partial charge in [-0.3, -0.25) is 4.79 Å². The lowest BCUT2D eigenvalue weighted by Crippen LogP contribution is -2.36. The van der Waals surface area contributed by atoms with Gasteiger partial charge in [-0.1, -0.05) is 23.7 Å². The van der Waals surface area contributed by atoms with Crippen molar-refractivity contribution in [2.75, 3.05) is 13.1 Å². The van der Waals surface area contributed by atoms with Crippen molar-refractivity contribution in [3.63, 3.8) is 0 Å². The molecule has 6 heteroatoms. The van der Waals surface area contributed by atoms with Crippen LogP contribution in [0.3, 0.4) is 0 Å². The fourth-order valence-electron chi connectivity index (χ4n) is 3.71. The molecule has 0 N–H and O–H groups in total. The third-order valence-electron chi connectivity index (χ3n) is 4.97. The Morgan fingerprint density at radius 1 is 1.12 bits per heavy atom. The highest BCUT2D eigenvalue weighted by Gasteiger charge is 2.33. The van der Waals surface area contributed by atoms with Gasteiger partial charge in [0.25, 0.3) is 5.91 Å². The molecule has 1 aliphatic carbocycles. The highest BCUT2D eigenvalue weighted by Crippen LogP contribution is 2.39. The molecule has 4 rings (SSSR count). The van der Waals surface area contributed by atoms with Crippen molar-refractivity contribution in [1.82, 2.24) is 4.90 Å². The molecule has 2 nitrogen and oxygen atoms in total. The Labute approximate surface area is 153 Å². The van der Waals surface area contributed by atoms with Gasteiger partial charge in [0.15, 0.2) is 0 Å². The lowest BCUT2D eigenvalue weighted by Gasteiger charge is -2.29. The van der Waals surface area contributed by atoms with Crippen molar-refractivity contribution in [3.05, 3.63) is 75.3 Å². The number of rotatable bonds is 1. The van der Waals surface area contributed by atoms with Gasteiger partial charge in [0.05, 0.1) is 5.56 Å². The molecular formula is C20H15ClF3NO. The van der Waals surface area contributed by atoms with Gasteiger partial charge in [0, 0.05) is 23.7 Å². The van der Waals surface area contributed by atoms with Crippen molar-refractivity contribution in [1.29, 1.82) is 0 Å². The molecule has 2 aromatic carbocycles. The molecule has 0 fully saturated rings. The normalized spacial score (nSPS) is 16.5. The van der Waals surface area contributed by atoms with E-state index in [-0.39, 0.29) is 11.5 Å². The van der Waals surface area contributed by atoms with Gasteiger partial charge in [-0.15, -0.1) is 0 Å². The quantitative estimate of drug-likeness (QED) is 0.667. The van der Waals surface area contributed by atoms with E-state index < -0.39 is 11.7 Å². The summed E-state index contributed by atoms with van der Waals surface area (Å²) in [6.45, 7) is 0.927. The summed E-state index contributed by atoms with van der Waals surface area (Å²) in [6, 6.07) is 10.4. The molecule has 0 bridgehead atoms. The van der Waals surface area contributed by atoms with Crippen LogP contribution in [-0.2, 0) is 12.6 Å². The van der Waals surface area contributed by atoms with E-state index in [1.54, 1.807) is 4.90 Å². The van der Waals surface area contributed by atoms with Crippen molar-refractivity contribution in [3.8, 4) is 0 Å². The number of hydrogen-bond donors (Lipinski definition) is 0. The first-order valence-electron chi connectivity index (χ1n) is 8.29. The first kappa shape index (κ1) is 17.2. The van der Waals surface area contributed by atoms with Crippen LogP contribution in [0.15, 0.2) is 48.0 Å². The van der Waals surface area contributed by atoms with Crippen molar-refractivity contribution < 1.29 is 18.0 Å². The molecule has 2 aliphatic rings. The fourth-order valence-corrected chi connectivity index (χ4v) is 3.89. The van der Waals surface area contributed by atoms with Crippen LogP contribution in [0.1, 0.15) is 33.5 Å². The van der Waals surface area contributed by atoms with Crippen LogP contribution >= 0.6 is 11.6 Å². The van der Waals surface area contributed by atoms with Crippen LogP contribution in [0.5, 0.6) is 0 Å². The number of halogens is 4. The number of amides is 1. The molecule has 134 valence electrons. The Bertz CT molecular complexity index is 933. The summed E-state index contributed by atoms with van der Waals surface area (Å²) >= 11 is 6.09. The van der Waals surface area contributed by atoms with E-state index in [4.69, 9.17) is 11.6 Å². The third kappa shape index (κ3) is 3.01. The summed E-state index contributed by atoms with van der Waals surface area (Å²) in [7, 11) is 0. The standard InChI is InChI=1S/C20H15ClF3NO/c21-16-5-4-12-8-14-11-25(7-6-17(14)18(12)10-16)19(26)13-2-1-3-15(9-13)20(22,23)24/h1-5,9-10H,6-8,11H2. The number of fused-ring (bicyclic) bond motifs is 2. The average molecular weight is 378 g/mol. The molecule has 0 atom stereocenters. The predicted octanol–water partition coefficient (Wildman–Crippen LogP) is 5.21. The summed E-state index contributed by atoms with van der Waals surface area (Å²) in [5.41, 5.74) is 3.96. The molecule has 0 radical (unpaired) electrons. The minimum atomic E-state index is -4.46. The summed E-state index contributed by atoms with van der Waals surface area (Å²) in [5.74, 6) is -0.364. The smallest absolute Gasteiger partial charge is 0.334 e. The maximum atomic E-state index is 12.9. The maximum Gasteiger partial charge on any atom is 0.416 e. The molecule has 1 aliphatic heterocycles. The number of carbonyl (C=O) groups is 1. The number of nitrogens with zero attached hydrogens (tertiary/aromatic N) is 1. The average Bonchev–Trinajstić information content (AvgIpc) is 2.97. The van der Waals surface area contributed by atoms with E-state index in [9.17, 15) is 18.0 Å². The van der Waals surface area contributed by atoms with Crippen LogP contribution in [0.2, 0.25) is 5.02 Å². The van der Waals surface area contributed by atoms with E-state index in [2.05, 4.69) is 0 Å². The summed E-state index contributed by atoms with van der Waals surface area (Å²) in [6.07, 6.45) is -3.01. The highest BCUT2D eigenvalue weighted by molar-refractivity contribution is 6.30. The Morgan fingerprint density at radius 2 is 1.92 bits per heavy atom. The molecule has 0 unspecified atom stereocenters. The van der Waals surface area contributed by atoms with Crippen LogP contribution in [-0.4, -0.2) is 23.9 Å². The van der Waals surface area contributed by atoms with Crippen LogP contribution in [0, 0.1) is 0 Å². The Kier molecular flexibility index (Phi) is 4.07. The number of hydrogen-bond acceptors (Lipinski definition) is 1. The number of carbonyl (C=O) groups excluding carboxylic acids is 1. The molecule has 26 heavy (non-hydrogen) atoms. The van der Waals surface area contributed by atoms with Crippen molar-refractivity contribution >= 4 is 23.1 Å². The summed E-state index contributed by atoms with van der Waals surface area (Å²) in [5, 5.41) is 0.681. The number of benzene rings is 2. The van der Waals surface area contributed by atoms with E-state index in [0.717, 1.165) is 29.7 Å². The third-order valence-corrected chi connectivity index (χ3v) is 5.20. The molecule has 2 aromatic rings. The predicted molar refractivity (Wildman–Crippen MR) is 94.0 cm³/mol. The Morgan fingerprint density at radius 3 is 2.69 bits per heavy atom. The van der Waals surface area contributed by atoms with Gasteiger partial charge in [0.2, 0.25) is 0 Å². The van der Waals surface area contributed by atoms with Gasteiger partial charge < -0.3 is 4.90 Å². The molecule has 0 aromatic heterocycles. The molecule has 1 amide bonds. The lowest BCUT2D eigenvalue weighted by atomic mass is 9.98. The molecule has 0 saturated carbocycles. The largest absolute Gasteiger partial charge is 0.416 e. The second-order valence-corrected chi connectivity index (χ2v) is 7.05. The molecule has 0 spiro atoms. The van der Waals surface area contributed by atoms with E-state index >= 15 is 0 Å². The van der Waals surface area contributed by atoms with Gasteiger partial charge in [0.1, 0.15) is 0 Å². The zero-order valence-corrected chi connectivity index (χ0v) is 14.5. The Hall–Kier alpha value is -2.27. The van der Waals surface area contributed by atoms with Gasteiger partial charge >= 0.3 is 6.18 Å². The van der Waals surface area contributed by atoms with Gasteiger partial charge in [-0.25, -0.2) is 0 Å². The van der Waals surface area contributed by atoms with Crippen LogP contribution in [0.4, 0.5) is 13.2 Å². The first-order valence-corrected chi connectivity index (χ1v) is 8.67. The zero-order valence-electron chi connectivity index (χ0n) is 13.7. The highest BCUT2D eigenvalue weighted by atomic mass is 35.5. The van der Waals surface area contributed by atoms with Crippen molar-refractivity contribution in [2.24, 2.45) is 0 Å². The summed E-state index contributed by atoms with van der Waals surface area (Å²) < 4.78 is 38.7. The maximum absolute atomic E-state index is 12.9. The summed E-state index contributed by atoms with van der Waals surface area (Å²) in [4.78, 5) is 14.3. The molecule has 0 saturated heterocycles. The van der Waals surface area contributed by atoms with Crippen LogP contribution < -0.4 is 0 Å². The topological polar surface area (TPSA) is 20.3 Å². The van der Waals surface area contributed by atoms with E-state index in [1.165, 1.54) is 23.3 Å². The lowest BCUT2D eigenvalue weighted by molar-refractivity contribution is -0.137. The molecular weight excluding hydrogens is 363 g/mol. The fraction of sp³-hybridized carbons (Fsp3) is 0.250. The second kappa shape index (κ2) is 6.16. The SMILES string of the molecule is O=C(c1cccc(C(F)(F)F)c1)N1CCC2=C(Cc3ccc(Cl)cc32)C1. The monoisotopic (exact) mass is 377 g/mol. The minimum absolute atomic E-state index is 0.0717. The minimum Gasteiger partial charge on any atom is -0.334 e. The Balaban J connectivity index is 1.57. The first-order chi connectivity index (χ1) is 12.3. The van der Waals surface area contributed by atoms with E-state index in [1.807, 2.05) is 18.2 Å². The molecule has 1 heterocycles.